The first-order valence-corrected chi connectivity index (χ1v) is 12.5. The standard InChI is InChI=1S/C25H30FNO4S/c1-18-24(2,20-13-14-20)32(28,29)23(16-30-3)25(27-18,21-11-7-8-12-22(21)26)17-31-15-19-9-5-4-6-10-19/h4-12,20,23H,13-17H2,1-3H3/t23?,24?,25-/m1/s1. The van der Waals surface area contributed by atoms with Crippen LogP contribution >= 0.6 is 0 Å². The van der Waals surface area contributed by atoms with E-state index in [2.05, 4.69) is 0 Å². The van der Waals surface area contributed by atoms with Gasteiger partial charge in [-0.1, -0.05) is 48.5 Å². The first-order chi connectivity index (χ1) is 15.3. The highest BCUT2D eigenvalue weighted by atomic mass is 32.2. The minimum atomic E-state index is -3.78. The Balaban J connectivity index is 1.85. The molecule has 0 N–H and O–H groups in total. The van der Waals surface area contributed by atoms with Crippen molar-refractivity contribution in [2.45, 2.75) is 48.8 Å². The van der Waals surface area contributed by atoms with E-state index in [1.54, 1.807) is 32.0 Å². The molecule has 0 aromatic heterocycles. The van der Waals surface area contributed by atoms with Gasteiger partial charge in [0.05, 0.1) is 19.8 Å². The molecule has 1 heterocycles. The van der Waals surface area contributed by atoms with Crippen LogP contribution in [0.4, 0.5) is 4.39 Å². The Labute approximate surface area is 189 Å². The molecule has 0 radical (unpaired) electrons. The molecule has 1 saturated carbocycles. The highest BCUT2D eigenvalue weighted by Crippen LogP contribution is 2.53. The lowest BCUT2D eigenvalue weighted by Gasteiger charge is -2.47. The predicted octanol–water partition coefficient (Wildman–Crippen LogP) is 4.31. The van der Waals surface area contributed by atoms with Crippen LogP contribution < -0.4 is 0 Å². The van der Waals surface area contributed by atoms with Gasteiger partial charge in [0.1, 0.15) is 21.4 Å². The number of nitrogens with zero attached hydrogens (tertiary/aromatic N) is 1. The molecule has 1 aliphatic heterocycles. The van der Waals surface area contributed by atoms with E-state index in [9.17, 15) is 8.42 Å². The van der Waals surface area contributed by atoms with Crippen LogP contribution in [0.3, 0.4) is 0 Å². The Morgan fingerprint density at radius 3 is 2.38 bits per heavy atom. The summed E-state index contributed by atoms with van der Waals surface area (Å²) in [5.41, 5.74) is 0.240. The second kappa shape index (κ2) is 8.69. The number of rotatable bonds is 8. The van der Waals surface area contributed by atoms with E-state index in [0.717, 1.165) is 18.4 Å². The van der Waals surface area contributed by atoms with Crippen molar-refractivity contribution < 1.29 is 22.3 Å². The molecule has 0 spiro atoms. The van der Waals surface area contributed by atoms with Crippen LogP contribution in [0.2, 0.25) is 0 Å². The maximum atomic E-state index is 15.2. The molecular weight excluding hydrogens is 429 g/mol. The zero-order valence-electron chi connectivity index (χ0n) is 18.8. The molecule has 1 fully saturated rings. The number of hydrogen-bond donors (Lipinski definition) is 0. The Morgan fingerprint density at radius 2 is 1.75 bits per heavy atom. The van der Waals surface area contributed by atoms with Crippen molar-refractivity contribution in [3.8, 4) is 0 Å². The average molecular weight is 460 g/mol. The third-order valence-electron chi connectivity index (χ3n) is 7.03. The van der Waals surface area contributed by atoms with Gasteiger partial charge in [-0.05, 0) is 44.2 Å². The van der Waals surface area contributed by atoms with E-state index in [1.165, 1.54) is 13.2 Å². The third kappa shape index (κ3) is 3.70. The van der Waals surface area contributed by atoms with Crippen LogP contribution in [-0.2, 0) is 31.5 Å². The topological polar surface area (TPSA) is 65.0 Å². The second-order valence-corrected chi connectivity index (χ2v) is 11.5. The van der Waals surface area contributed by atoms with Crippen LogP contribution in [0, 0.1) is 11.7 Å². The van der Waals surface area contributed by atoms with Gasteiger partial charge in [-0.25, -0.2) is 12.8 Å². The summed E-state index contributed by atoms with van der Waals surface area (Å²) in [4.78, 5) is 4.98. The average Bonchev–Trinajstić information content (AvgIpc) is 3.62. The van der Waals surface area contributed by atoms with Crippen molar-refractivity contribution in [1.29, 1.82) is 0 Å². The third-order valence-corrected chi connectivity index (χ3v) is 10.1. The maximum absolute atomic E-state index is 15.2. The molecule has 4 rings (SSSR count). The molecule has 32 heavy (non-hydrogen) atoms. The number of sulfone groups is 1. The van der Waals surface area contributed by atoms with E-state index < -0.39 is 31.2 Å². The lowest BCUT2D eigenvalue weighted by molar-refractivity contribution is 0.0549. The SMILES string of the molecule is COCC1[C@@](COCc2ccccc2)(c2ccccc2F)N=C(C)C(C)(C2CC2)S1(=O)=O. The van der Waals surface area contributed by atoms with E-state index in [0.29, 0.717) is 5.71 Å². The smallest absolute Gasteiger partial charge is 0.169 e. The molecule has 2 unspecified atom stereocenters. The first kappa shape index (κ1) is 23.1. The van der Waals surface area contributed by atoms with Crippen molar-refractivity contribution in [2.24, 2.45) is 10.9 Å². The predicted molar refractivity (Wildman–Crippen MR) is 123 cm³/mol. The lowest BCUT2D eigenvalue weighted by Crippen LogP contribution is -2.63. The van der Waals surface area contributed by atoms with Gasteiger partial charge in [0.2, 0.25) is 0 Å². The van der Waals surface area contributed by atoms with Gasteiger partial charge in [-0.15, -0.1) is 0 Å². The van der Waals surface area contributed by atoms with Crippen molar-refractivity contribution in [1.82, 2.24) is 0 Å². The molecule has 0 bridgehead atoms. The fourth-order valence-electron chi connectivity index (χ4n) is 4.93. The van der Waals surface area contributed by atoms with Crippen molar-refractivity contribution in [3.63, 3.8) is 0 Å². The van der Waals surface area contributed by atoms with E-state index in [4.69, 9.17) is 14.5 Å². The summed E-state index contributed by atoms with van der Waals surface area (Å²) in [6.07, 6.45) is 1.69. The lowest BCUT2D eigenvalue weighted by atomic mass is 9.85. The van der Waals surface area contributed by atoms with Crippen LogP contribution in [0.15, 0.2) is 59.6 Å². The van der Waals surface area contributed by atoms with Crippen molar-refractivity contribution in [3.05, 3.63) is 71.5 Å². The van der Waals surface area contributed by atoms with E-state index in [-0.39, 0.29) is 31.3 Å². The molecule has 0 saturated heterocycles. The summed E-state index contributed by atoms with van der Waals surface area (Å²) in [6, 6.07) is 15.8. The highest BCUT2D eigenvalue weighted by molar-refractivity contribution is 7.94. The molecular formula is C25H30FNO4S. The van der Waals surface area contributed by atoms with Crippen LogP contribution in [0.5, 0.6) is 0 Å². The highest BCUT2D eigenvalue weighted by Gasteiger charge is 2.64. The number of hydrogen-bond acceptors (Lipinski definition) is 5. The number of ether oxygens (including phenoxy) is 2. The summed E-state index contributed by atoms with van der Waals surface area (Å²) in [5, 5.41) is -1.07. The van der Waals surface area contributed by atoms with Gasteiger partial charge < -0.3 is 9.47 Å². The summed E-state index contributed by atoms with van der Waals surface area (Å²) < 4.78 is 53.7. The summed E-state index contributed by atoms with van der Waals surface area (Å²) in [5.74, 6) is -0.474. The number of halogens is 1. The van der Waals surface area contributed by atoms with Crippen LogP contribution in [0.25, 0.3) is 0 Å². The zero-order chi connectivity index (χ0) is 23.0. The Kier molecular flexibility index (Phi) is 6.27. The molecule has 1 aliphatic carbocycles. The minimum absolute atomic E-state index is 0.0273. The fraction of sp³-hybridized carbons (Fsp3) is 0.480. The summed E-state index contributed by atoms with van der Waals surface area (Å²) in [6.45, 7) is 3.62. The molecule has 5 nitrogen and oxygen atoms in total. The van der Waals surface area contributed by atoms with E-state index in [1.807, 2.05) is 30.3 Å². The quantitative estimate of drug-likeness (QED) is 0.590. The van der Waals surface area contributed by atoms with Crippen LogP contribution in [-0.4, -0.2) is 44.5 Å². The zero-order valence-corrected chi connectivity index (χ0v) is 19.6. The van der Waals surface area contributed by atoms with E-state index >= 15 is 4.39 Å². The molecule has 3 atom stereocenters. The summed E-state index contributed by atoms with van der Waals surface area (Å²) >= 11 is 0. The van der Waals surface area contributed by atoms with Gasteiger partial charge in [0.25, 0.3) is 0 Å². The Hall–Kier alpha value is -2.09. The summed E-state index contributed by atoms with van der Waals surface area (Å²) in [7, 11) is -2.32. The number of benzene rings is 2. The molecule has 2 aromatic carbocycles. The molecule has 172 valence electrons. The monoisotopic (exact) mass is 459 g/mol. The van der Waals surface area contributed by atoms with Gasteiger partial charge in [0.15, 0.2) is 9.84 Å². The van der Waals surface area contributed by atoms with Gasteiger partial charge >= 0.3 is 0 Å². The normalized spacial score (nSPS) is 29.5. The minimum Gasteiger partial charge on any atom is -0.383 e. The van der Waals surface area contributed by atoms with Crippen molar-refractivity contribution >= 4 is 15.5 Å². The van der Waals surface area contributed by atoms with Crippen molar-refractivity contribution in [2.75, 3.05) is 20.3 Å². The molecule has 7 heteroatoms. The maximum Gasteiger partial charge on any atom is 0.169 e. The van der Waals surface area contributed by atoms with Gasteiger partial charge in [-0.3, -0.25) is 4.99 Å². The van der Waals surface area contributed by atoms with Crippen LogP contribution in [0.1, 0.15) is 37.8 Å². The first-order valence-electron chi connectivity index (χ1n) is 10.9. The molecule has 2 aliphatic rings. The Morgan fingerprint density at radius 1 is 1.09 bits per heavy atom. The second-order valence-electron chi connectivity index (χ2n) is 8.95. The molecule has 2 aromatic rings. The fourth-order valence-corrected chi connectivity index (χ4v) is 7.75. The number of methoxy groups -OCH3 is 1. The Bertz CT molecular complexity index is 1100. The molecule has 0 amide bonds. The largest absolute Gasteiger partial charge is 0.383 e. The van der Waals surface area contributed by atoms with Gasteiger partial charge in [-0.2, -0.15) is 0 Å². The van der Waals surface area contributed by atoms with Gasteiger partial charge in [0, 0.05) is 18.4 Å². The number of aliphatic imine (C=N–C) groups is 1.